The van der Waals surface area contributed by atoms with Crippen molar-refractivity contribution in [1.29, 1.82) is 0 Å². The number of aliphatic carboxylic acids is 1. The predicted molar refractivity (Wildman–Crippen MR) is 60.0 cm³/mol. The molecule has 13 heavy (non-hydrogen) atoms. The van der Waals surface area contributed by atoms with Gasteiger partial charge < -0.3 is 5.11 Å². The second-order valence-electron chi connectivity index (χ2n) is 2.60. The molecule has 0 bridgehead atoms. The van der Waals surface area contributed by atoms with Crippen molar-refractivity contribution in [3.8, 4) is 0 Å². The van der Waals surface area contributed by atoms with Crippen LogP contribution < -0.4 is 0 Å². The summed E-state index contributed by atoms with van der Waals surface area (Å²) in [5, 5.41) is 8.71. The highest BCUT2D eigenvalue weighted by Gasteiger charge is 2.16. The maximum absolute atomic E-state index is 10.6. The number of carboxylic acids is 1. The molecule has 1 unspecified atom stereocenters. The van der Waals surface area contributed by atoms with Gasteiger partial charge in [0.05, 0.1) is 3.92 Å². The Labute approximate surface area is 90.4 Å². The quantitative estimate of drug-likeness (QED) is 0.527. The van der Waals surface area contributed by atoms with Crippen molar-refractivity contribution in [1.82, 2.24) is 0 Å². The minimum absolute atomic E-state index is 0.156. The molecule has 0 aliphatic rings. The summed E-state index contributed by atoms with van der Waals surface area (Å²) in [5.74, 6) is -0.941. The summed E-state index contributed by atoms with van der Waals surface area (Å²) < 4.78 is -0.156. The molecule has 0 fully saturated rings. The van der Waals surface area contributed by atoms with E-state index in [2.05, 4.69) is 29.2 Å². The second-order valence-corrected chi connectivity index (χ2v) is 3.85. The van der Waals surface area contributed by atoms with Gasteiger partial charge in [-0.15, -0.1) is 0 Å². The number of carboxylic acid groups (broad SMARTS) is 1. The lowest BCUT2D eigenvalue weighted by Crippen LogP contribution is -2.04. The average molecular weight is 288 g/mol. The van der Waals surface area contributed by atoms with Gasteiger partial charge in [0.2, 0.25) is 0 Å². The topological polar surface area (TPSA) is 37.3 Å². The summed E-state index contributed by atoms with van der Waals surface area (Å²) in [4.78, 5) is 10.6. The fourth-order valence-corrected chi connectivity index (χ4v) is 1.61. The van der Waals surface area contributed by atoms with E-state index < -0.39 is 5.97 Å². The summed E-state index contributed by atoms with van der Waals surface area (Å²) in [6.07, 6.45) is 0. The van der Waals surface area contributed by atoms with E-state index in [1.54, 1.807) is 0 Å². The highest BCUT2D eigenvalue weighted by Crippen LogP contribution is 2.29. The van der Waals surface area contributed by atoms with Gasteiger partial charge in [-0.05, 0) is 5.56 Å². The minimum Gasteiger partial charge on any atom is -0.478 e. The SMILES string of the molecule is C=C(C(=O)O)C(I)c1ccccc1. The Hall–Kier alpha value is -0.840. The van der Waals surface area contributed by atoms with Crippen molar-refractivity contribution < 1.29 is 9.90 Å². The van der Waals surface area contributed by atoms with Crippen LogP contribution in [0.2, 0.25) is 0 Å². The third-order valence-electron chi connectivity index (χ3n) is 1.67. The van der Waals surface area contributed by atoms with Crippen LogP contribution in [0.1, 0.15) is 9.49 Å². The van der Waals surface area contributed by atoms with E-state index in [-0.39, 0.29) is 9.50 Å². The Balaban J connectivity index is 2.86. The third kappa shape index (κ3) is 2.55. The zero-order chi connectivity index (χ0) is 9.84. The molecule has 68 valence electrons. The molecule has 1 aromatic rings. The van der Waals surface area contributed by atoms with Gasteiger partial charge in [0.15, 0.2) is 0 Å². The minimum atomic E-state index is -0.941. The van der Waals surface area contributed by atoms with Crippen LogP contribution in [0.15, 0.2) is 42.5 Å². The molecule has 0 spiro atoms. The van der Waals surface area contributed by atoms with Gasteiger partial charge in [0, 0.05) is 5.57 Å². The van der Waals surface area contributed by atoms with E-state index in [1.807, 2.05) is 30.3 Å². The molecular weight excluding hydrogens is 279 g/mol. The van der Waals surface area contributed by atoms with E-state index in [9.17, 15) is 4.79 Å². The lowest BCUT2D eigenvalue weighted by atomic mass is 10.1. The molecule has 1 N–H and O–H groups in total. The van der Waals surface area contributed by atoms with Gasteiger partial charge >= 0.3 is 5.97 Å². The van der Waals surface area contributed by atoms with Crippen LogP contribution in [0.3, 0.4) is 0 Å². The van der Waals surface area contributed by atoms with E-state index >= 15 is 0 Å². The van der Waals surface area contributed by atoms with Crippen LogP contribution >= 0.6 is 22.6 Å². The number of hydrogen-bond donors (Lipinski definition) is 1. The van der Waals surface area contributed by atoms with E-state index in [0.29, 0.717) is 0 Å². The largest absolute Gasteiger partial charge is 0.478 e. The molecule has 0 radical (unpaired) electrons. The van der Waals surface area contributed by atoms with Gasteiger partial charge in [-0.2, -0.15) is 0 Å². The standard InChI is InChI=1S/C10H9IO2/c1-7(10(12)13)9(11)8-5-3-2-4-6-8/h2-6,9H,1H2,(H,12,13). The first kappa shape index (κ1) is 10.2. The normalized spacial score (nSPS) is 12.1. The van der Waals surface area contributed by atoms with E-state index in [0.717, 1.165) is 5.56 Å². The van der Waals surface area contributed by atoms with Crippen molar-refractivity contribution in [2.75, 3.05) is 0 Å². The number of hydrogen-bond acceptors (Lipinski definition) is 1. The average Bonchev–Trinajstić information content (AvgIpc) is 2.17. The van der Waals surface area contributed by atoms with Crippen molar-refractivity contribution in [2.45, 2.75) is 3.92 Å². The van der Waals surface area contributed by atoms with Gasteiger partial charge in [-0.1, -0.05) is 59.5 Å². The fourth-order valence-electron chi connectivity index (χ4n) is 0.932. The zero-order valence-corrected chi connectivity index (χ0v) is 9.06. The summed E-state index contributed by atoms with van der Waals surface area (Å²) in [5.41, 5.74) is 1.18. The molecule has 0 saturated carbocycles. The van der Waals surface area contributed by atoms with Crippen molar-refractivity contribution in [3.05, 3.63) is 48.0 Å². The maximum Gasteiger partial charge on any atom is 0.332 e. The Kier molecular flexibility index (Phi) is 3.48. The monoisotopic (exact) mass is 288 g/mol. The molecular formula is C10H9IO2. The molecule has 1 atom stereocenters. The zero-order valence-electron chi connectivity index (χ0n) is 6.90. The molecule has 0 saturated heterocycles. The van der Waals surface area contributed by atoms with Crippen molar-refractivity contribution >= 4 is 28.6 Å². The Bertz CT molecular complexity index is 319. The Morgan fingerprint density at radius 1 is 1.38 bits per heavy atom. The van der Waals surface area contributed by atoms with Gasteiger partial charge in [-0.3, -0.25) is 0 Å². The summed E-state index contributed by atoms with van der Waals surface area (Å²) >= 11 is 2.07. The molecule has 0 aliphatic carbocycles. The highest BCUT2D eigenvalue weighted by atomic mass is 127. The van der Waals surface area contributed by atoms with Crippen LogP contribution in [0.5, 0.6) is 0 Å². The summed E-state index contributed by atoms with van der Waals surface area (Å²) in [6.45, 7) is 3.52. The van der Waals surface area contributed by atoms with Gasteiger partial charge in [0.1, 0.15) is 0 Å². The number of rotatable bonds is 3. The van der Waals surface area contributed by atoms with Crippen LogP contribution in [-0.4, -0.2) is 11.1 Å². The second kappa shape index (κ2) is 4.41. The lowest BCUT2D eigenvalue weighted by Gasteiger charge is -2.08. The molecule has 1 rings (SSSR count). The molecule has 0 amide bonds. The molecule has 2 nitrogen and oxygen atoms in total. The van der Waals surface area contributed by atoms with Crippen LogP contribution in [0, 0.1) is 0 Å². The van der Waals surface area contributed by atoms with Gasteiger partial charge in [0.25, 0.3) is 0 Å². The molecule has 3 heteroatoms. The maximum atomic E-state index is 10.6. The third-order valence-corrected chi connectivity index (χ3v) is 3.14. The lowest BCUT2D eigenvalue weighted by molar-refractivity contribution is -0.132. The highest BCUT2D eigenvalue weighted by molar-refractivity contribution is 14.1. The first-order valence-electron chi connectivity index (χ1n) is 3.74. The molecule has 0 aromatic heterocycles. The number of carbonyl (C=O) groups is 1. The van der Waals surface area contributed by atoms with Crippen LogP contribution in [0.4, 0.5) is 0 Å². The molecule has 0 aliphatic heterocycles. The van der Waals surface area contributed by atoms with E-state index in [1.165, 1.54) is 0 Å². The predicted octanol–water partition coefficient (Wildman–Crippen LogP) is 2.80. The first-order chi connectivity index (χ1) is 6.13. The summed E-state index contributed by atoms with van der Waals surface area (Å²) in [6, 6.07) is 9.46. The van der Waals surface area contributed by atoms with Gasteiger partial charge in [-0.25, -0.2) is 4.79 Å². The molecule has 1 aromatic carbocycles. The van der Waals surface area contributed by atoms with Crippen molar-refractivity contribution in [2.24, 2.45) is 0 Å². The smallest absolute Gasteiger partial charge is 0.332 e. The van der Waals surface area contributed by atoms with Crippen LogP contribution in [-0.2, 0) is 4.79 Å². The number of benzene rings is 1. The number of halogens is 1. The van der Waals surface area contributed by atoms with Crippen molar-refractivity contribution in [3.63, 3.8) is 0 Å². The molecule has 0 heterocycles. The Morgan fingerprint density at radius 3 is 2.38 bits per heavy atom. The number of alkyl halides is 1. The Morgan fingerprint density at radius 2 is 1.92 bits per heavy atom. The van der Waals surface area contributed by atoms with E-state index in [4.69, 9.17) is 5.11 Å². The fraction of sp³-hybridized carbons (Fsp3) is 0.100. The summed E-state index contributed by atoms with van der Waals surface area (Å²) in [7, 11) is 0. The van der Waals surface area contributed by atoms with Crippen LogP contribution in [0.25, 0.3) is 0 Å². The first-order valence-corrected chi connectivity index (χ1v) is 4.98.